The zero-order valence-electron chi connectivity index (χ0n) is 18.6. The second-order valence-corrected chi connectivity index (χ2v) is 7.79. The molecule has 178 valence electrons. The summed E-state index contributed by atoms with van der Waals surface area (Å²) in [6.45, 7) is 1.58. The van der Waals surface area contributed by atoms with Crippen LogP contribution in [0.2, 0.25) is 0 Å². The highest BCUT2D eigenvalue weighted by Crippen LogP contribution is 2.22. The Hall–Kier alpha value is -1.51. The third-order valence-corrected chi connectivity index (χ3v) is 5.13. The fourth-order valence-corrected chi connectivity index (χ4v) is 3.24. The Kier molecular flexibility index (Phi) is 15.2. The van der Waals surface area contributed by atoms with Gasteiger partial charge < -0.3 is 29.9 Å². The zero-order chi connectivity index (χ0) is 22.9. The van der Waals surface area contributed by atoms with Crippen LogP contribution in [0.3, 0.4) is 0 Å². The normalized spacial score (nSPS) is 26.9. The maximum atomic E-state index is 11.9. The van der Waals surface area contributed by atoms with Gasteiger partial charge in [0.1, 0.15) is 24.4 Å². The number of hydrogen-bond acceptors (Lipinski definition) is 7. The first-order valence-corrected chi connectivity index (χ1v) is 11.5. The van der Waals surface area contributed by atoms with Gasteiger partial charge in [-0.05, 0) is 38.5 Å². The molecule has 0 aromatic heterocycles. The molecule has 1 rings (SSSR count). The maximum Gasteiger partial charge on any atom is 0.308 e. The van der Waals surface area contributed by atoms with Crippen LogP contribution in [0.1, 0.15) is 71.1 Å². The fourth-order valence-electron chi connectivity index (χ4n) is 3.24. The Morgan fingerprint density at radius 2 is 1.45 bits per heavy atom. The molecule has 1 aliphatic heterocycles. The lowest BCUT2D eigenvalue weighted by atomic mass is 9.99. The van der Waals surface area contributed by atoms with Gasteiger partial charge in [0.15, 0.2) is 0 Å². The molecule has 5 atom stereocenters. The number of aliphatic hydroxyl groups excluding tert-OH is 4. The van der Waals surface area contributed by atoms with Gasteiger partial charge in [-0.2, -0.15) is 0 Å². The van der Waals surface area contributed by atoms with Gasteiger partial charge in [0.2, 0.25) is 6.29 Å². The van der Waals surface area contributed by atoms with Crippen molar-refractivity contribution in [3.63, 3.8) is 0 Å². The molecule has 4 N–H and O–H groups in total. The van der Waals surface area contributed by atoms with Crippen LogP contribution in [0.25, 0.3) is 0 Å². The van der Waals surface area contributed by atoms with Crippen LogP contribution in [0.4, 0.5) is 0 Å². The van der Waals surface area contributed by atoms with E-state index in [1.165, 1.54) is 0 Å². The number of aliphatic hydroxyl groups is 4. The number of ether oxygens (including phenoxy) is 2. The Bertz CT molecular complexity index is 556. The highest BCUT2D eigenvalue weighted by Gasteiger charge is 2.45. The Balaban J connectivity index is 2.04. The molecule has 0 aliphatic carbocycles. The molecule has 0 radical (unpaired) electrons. The summed E-state index contributed by atoms with van der Waals surface area (Å²) in [6, 6.07) is 0. The van der Waals surface area contributed by atoms with Crippen LogP contribution >= 0.6 is 0 Å². The van der Waals surface area contributed by atoms with Gasteiger partial charge in [0.05, 0.1) is 6.61 Å². The van der Waals surface area contributed by atoms with E-state index in [1.807, 2.05) is 0 Å². The number of carbonyl (C=O) groups excluding carboxylic acids is 1. The molecular formula is C24H40O7. The molecule has 0 bridgehead atoms. The van der Waals surface area contributed by atoms with Crippen molar-refractivity contribution in [2.24, 2.45) is 0 Å². The second-order valence-electron chi connectivity index (χ2n) is 7.79. The number of allylic oxidation sites excluding steroid dienone is 6. The third-order valence-electron chi connectivity index (χ3n) is 5.13. The molecule has 1 fully saturated rings. The summed E-state index contributed by atoms with van der Waals surface area (Å²) in [5.74, 6) is -0.537. The van der Waals surface area contributed by atoms with Crippen LogP contribution in [-0.4, -0.2) is 63.7 Å². The number of carbonyl (C=O) groups is 1. The van der Waals surface area contributed by atoms with Crippen molar-refractivity contribution in [1.82, 2.24) is 0 Å². The van der Waals surface area contributed by atoms with Gasteiger partial charge in [0.25, 0.3) is 0 Å². The van der Waals surface area contributed by atoms with E-state index in [-0.39, 0.29) is 6.42 Å². The molecule has 0 aromatic carbocycles. The minimum Gasteiger partial charge on any atom is -0.433 e. The molecule has 0 spiro atoms. The van der Waals surface area contributed by atoms with Crippen molar-refractivity contribution in [3.05, 3.63) is 36.5 Å². The van der Waals surface area contributed by atoms with Crippen molar-refractivity contribution in [1.29, 1.82) is 0 Å². The number of esters is 1. The summed E-state index contributed by atoms with van der Waals surface area (Å²) >= 11 is 0. The molecule has 0 saturated carbocycles. The van der Waals surface area contributed by atoms with E-state index in [0.717, 1.165) is 51.4 Å². The lowest BCUT2D eigenvalue weighted by Crippen LogP contribution is -2.59. The summed E-state index contributed by atoms with van der Waals surface area (Å²) < 4.78 is 10.2. The van der Waals surface area contributed by atoms with Crippen molar-refractivity contribution >= 4 is 5.97 Å². The quantitative estimate of drug-likeness (QED) is 0.176. The van der Waals surface area contributed by atoms with E-state index in [0.29, 0.717) is 6.42 Å². The first-order chi connectivity index (χ1) is 15.0. The number of unbranched alkanes of at least 4 members (excludes halogenated alkanes) is 5. The van der Waals surface area contributed by atoms with Crippen LogP contribution in [0.5, 0.6) is 0 Å². The molecule has 31 heavy (non-hydrogen) atoms. The molecular weight excluding hydrogens is 400 g/mol. The largest absolute Gasteiger partial charge is 0.433 e. The molecule has 1 unspecified atom stereocenters. The average Bonchev–Trinajstić information content (AvgIpc) is 2.76. The van der Waals surface area contributed by atoms with Gasteiger partial charge in [0, 0.05) is 6.42 Å². The smallest absolute Gasteiger partial charge is 0.308 e. The average molecular weight is 441 g/mol. The SMILES string of the molecule is CCC=CCC=CC/C=C\CCCCCCCC(=O)OC1O[C@H](CO)[C@@H](O)[C@H](O)[C@H]1O. The van der Waals surface area contributed by atoms with Crippen molar-refractivity contribution in [2.45, 2.75) is 102 Å². The molecule has 7 heteroatoms. The summed E-state index contributed by atoms with van der Waals surface area (Å²) in [5.41, 5.74) is 0. The highest BCUT2D eigenvalue weighted by atomic mass is 16.7. The topological polar surface area (TPSA) is 116 Å². The predicted molar refractivity (Wildman–Crippen MR) is 119 cm³/mol. The first-order valence-electron chi connectivity index (χ1n) is 11.5. The number of hydrogen-bond donors (Lipinski definition) is 4. The van der Waals surface area contributed by atoms with Crippen LogP contribution < -0.4 is 0 Å². The first kappa shape index (κ1) is 27.5. The molecule has 0 amide bonds. The van der Waals surface area contributed by atoms with E-state index in [1.54, 1.807) is 0 Å². The minimum atomic E-state index is -1.55. The van der Waals surface area contributed by atoms with E-state index >= 15 is 0 Å². The highest BCUT2D eigenvalue weighted by molar-refractivity contribution is 5.69. The maximum absolute atomic E-state index is 11.9. The van der Waals surface area contributed by atoms with Gasteiger partial charge >= 0.3 is 5.97 Å². The standard InChI is InChI=1S/C24H40O7/c1-2-3-4-5-6-7-8-9-10-11-12-13-14-15-16-17-20(26)31-24-23(29)22(28)21(27)19(18-25)30-24/h3-4,6-7,9-10,19,21-25,27-29H,2,5,8,11-18H2,1H3/b4-3?,7-6?,10-9-/t19-,21-,22+,23-,24?/m1/s1. The Morgan fingerprint density at radius 1 is 0.839 bits per heavy atom. The zero-order valence-corrected chi connectivity index (χ0v) is 18.6. The second kappa shape index (κ2) is 17.1. The molecule has 0 aromatic rings. The molecule has 1 aliphatic rings. The summed E-state index contributed by atoms with van der Waals surface area (Å²) in [6.07, 6.45) is 15.2. The van der Waals surface area contributed by atoms with Gasteiger partial charge in [-0.3, -0.25) is 4.79 Å². The van der Waals surface area contributed by atoms with E-state index in [9.17, 15) is 20.1 Å². The summed E-state index contributed by atoms with van der Waals surface area (Å²) in [4.78, 5) is 11.9. The Labute approximate surface area is 186 Å². The third kappa shape index (κ3) is 11.6. The van der Waals surface area contributed by atoms with Crippen molar-refractivity contribution in [3.8, 4) is 0 Å². The molecule has 7 nitrogen and oxygen atoms in total. The number of rotatable bonds is 15. The summed E-state index contributed by atoms with van der Waals surface area (Å²) in [5, 5.41) is 38.4. The van der Waals surface area contributed by atoms with Gasteiger partial charge in [-0.25, -0.2) is 0 Å². The minimum absolute atomic E-state index is 0.189. The monoisotopic (exact) mass is 440 g/mol. The molecule has 1 saturated heterocycles. The van der Waals surface area contributed by atoms with Crippen molar-refractivity contribution in [2.75, 3.05) is 6.61 Å². The van der Waals surface area contributed by atoms with Gasteiger partial charge in [-0.15, -0.1) is 0 Å². The molecule has 1 heterocycles. The van der Waals surface area contributed by atoms with Crippen LogP contribution in [0.15, 0.2) is 36.5 Å². The van der Waals surface area contributed by atoms with Crippen LogP contribution in [-0.2, 0) is 14.3 Å². The Morgan fingerprint density at radius 3 is 2.13 bits per heavy atom. The lowest BCUT2D eigenvalue weighted by Gasteiger charge is -2.39. The van der Waals surface area contributed by atoms with E-state index in [4.69, 9.17) is 14.6 Å². The predicted octanol–water partition coefficient (Wildman–Crippen LogP) is 2.92. The van der Waals surface area contributed by atoms with Crippen molar-refractivity contribution < 1.29 is 34.7 Å². The fraction of sp³-hybridized carbons (Fsp3) is 0.708. The summed E-state index contributed by atoms with van der Waals surface area (Å²) in [7, 11) is 0. The van der Waals surface area contributed by atoms with Gasteiger partial charge in [-0.1, -0.05) is 62.6 Å². The van der Waals surface area contributed by atoms with Crippen LogP contribution in [0, 0.1) is 0 Å². The van der Waals surface area contributed by atoms with E-state index in [2.05, 4.69) is 43.4 Å². The lowest BCUT2D eigenvalue weighted by molar-refractivity contribution is -0.292. The van der Waals surface area contributed by atoms with E-state index < -0.39 is 43.3 Å².